The number of halogens is 1. The standard InChI is InChI=1S/C10H15Cl/c1-5-9(4)6-7-10(11)8(2)3/h7H,2,4-6H2,1,3H3. The monoisotopic (exact) mass is 170 g/mol. The number of hydrogen-bond acceptors (Lipinski definition) is 0. The van der Waals surface area contributed by atoms with Crippen molar-refractivity contribution in [1.82, 2.24) is 0 Å². The Labute approximate surface area is 74.3 Å². The Bertz CT molecular complexity index is 187. The van der Waals surface area contributed by atoms with Crippen LogP contribution in [0.1, 0.15) is 26.7 Å². The predicted octanol–water partition coefficient (Wildman–Crippen LogP) is 4.04. The van der Waals surface area contributed by atoms with Gasteiger partial charge in [0.05, 0.1) is 0 Å². The predicted molar refractivity (Wildman–Crippen MR) is 52.8 cm³/mol. The molecule has 0 rings (SSSR count). The Morgan fingerprint density at radius 2 is 2.00 bits per heavy atom. The maximum Gasteiger partial charge on any atom is 0.0392 e. The third kappa shape index (κ3) is 4.86. The Hall–Kier alpha value is -0.490. The summed E-state index contributed by atoms with van der Waals surface area (Å²) in [6.45, 7) is 11.6. The molecule has 0 amide bonds. The molecule has 0 saturated heterocycles. The molecule has 0 saturated carbocycles. The fourth-order valence-corrected chi connectivity index (χ4v) is 0.630. The van der Waals surface area contributed by atoms with Gasteiger partial charge in [0.15, 0.2) is 0 Å². The van der Waals surface area contributed by atoms with E-state index >= 15 is 0 Å². The third-order valence-electron chi connectivity index (χ3n) is 1.48. The summed E-state index contributed by atoms with van der Waals surface area (Å²) in [5.41, 5.74) is 2.11. The highest BCUT2D eigenvalue weighted by molar-refractivity contribution is 6.31. The number of hydrogen-bond donors (Lipinski definition) is 0. The first-order valence-corrected chi connectivity index (χ1v) is 4.14. The van der Waals surface area contributed by atoms with E-state index in [-0.39, 0.29) is 0 Å². The van der Waals surface area contributed by atoms with Gasteiger partial charge < -0.3 is 0 Å². The summed E-state index contributed by atoms with van der Waals surface area (Å²) < 4.78 is 0. The van der Waals surface area contributed by atoms with E-state index < -0.39 is 0 Å². The van der Waals surface area contributed by atoms with Gasteiger partial charge in [-0.1, -0.05) is 43.3 Å². The zero-order valence-corrected chi connectivity index (χ0v) is 8.04. The van der Waals surface area contributed by atoms with Gasteiger partial charge in [-0.3, -0.25) is 0 Å². The number of allylic oxidation sites excluding steroid dienone is 4. The normalized spacial score (nSPS) is 11.4. The Kier molecular flexibility index (Phi) is 4.97. The quantitative estimate of drug-likeness (QED) is 0.441. The van der Waals surface area contributed by atoms with Crippen molar-refractivity contribution in [1.29, 1.82) is 0 Å². The molecule has 0 radical (unpaired) electrons. The fraction of sp³-hybridized carbons (Fsp3) is 0.400. The molecule has 0 aliphatic carbocycles. The number of rotatable bonds is 4. The molecule has 0 aliphatic rings. The summed E-state index contributed by atoms with van der Waals surface area (Å²) in [5, 5.41) is 0.750. The fourth-order valence-electron chi connectivity index (χ4n) is 0.553. The van der Waals surface area contributed by atoms with E-state index in [0.717, 1.165) is 23.4 Å². The Morgan fingerprint density at radius 3 is 2.36 bits per heavy atom. The Morgan fingerprint density at radius 1 is 1.45 bits per heavy atom. The molecular formula is C10H15Cl. The van der Waals surface area contributed by atoms with Crippen molar-refractivity contribution in [3.63, 3.8) is 0 Å². The summed E-state index contributed by atoms with van der Waals surface area (Å²) >= 11 is 5.84. The van der Waals surface area contributed by atoms with Crippen molar-refractivity contribution < 1.29 is 0 Å². The van der Waals surface area contributed by atoms with Gasteiger partial charge in [-0.2, -0.15) is 0 Å². The molecule has 62 valence electrons. The molecule has 0 heterocycles. The smallest absolute Gasteiger partial charge is 0.0392 e. The molecule has 0 aromatic carbocycles. The molecule has 0 bridgehead atoms. The summed E-state index contributed by atoms with van der Waals surface area (Å²) in [7, 11) is 0. The molecule has 0 spiro atoms. The Balaban J connectivity index is 3.92. The van der Waals surface area contributed by atoms with Gasteiger partial charge in [0.2, 0.25) is 0 Å². The van der Waals surface area contributed by atoms with Crippen LogP contribution in [0.2, 0.25) is 0 Å². The van der Waals surface area contributed by atoms with Crippen molar-refractivity contribution >= 4 is 11.6 Å². The summed E-state index contributed by atoms with van der Waals surface area (Å²) in [5.74, 6) is 0. The summed E-state index contributed by atoms with van der Waals surface area (Å²) in [6.07, 6.45) is 3.83. The van der Waals surface area contributed by atoms with E-state index in [2.05, 4.69) is 20.1 Å². The second kappa shape index (κ2) is 5.20. The lowest BCUT2D eigenvalue weighted by atomic mass is 10.1. The van der Waals surface area contributed by atoms with E-state index in [1.165, 1.54) is 5.57 Å². The summed E-state index contributed by atoms with van der Waals surface area (Å²) in [4.78, 5) is 0. The van der Waals surface area contributed by atoms with Crippen LogP contribution in [0.25, 0.3) is 0 Å². The molecule has 11 heavy (non-hydrogen) atoms. The highest BCUT2D eigenvalue weighted by Crippen LogP contribution is 2.15. The van der Waals surface area contributed by atoms with Gasteiger partial charge in [0, 0.05) is 5.03 Å². The zero-order valence-electron chi connectivity index (χ0n) is 7.28. The first-order valence-electron chi connectivity index (χ1n) is 3.76. The molecule has 0 atom stereocenters. The third-order valence-corrected chi connectivity index (χ3v) is 1.95. The maximum absolute atomic E-state index is 5.84. The first-order chi connectivity index (χ1) is 5.07. The second-order valence-electron chi connectivity index (χ2n) is 2.64. The van der Waals surface area contributed by atoms with Crippen LogP contribution in [0.4, 0.5) is 0 Å². The molecule has 1 heteroatoms. The van der Waals surface area contributed by atoms with Crippen molar-refractivity contribution in [2.24, 2.45) is 0 Å². The van der Waals surface area contributed by atoms with Gasteiger partial charge in [-0.05, 0) is 25.3 Å². The largest absolute Gasteiger partial charge is 0.0996 e. The van der Waals surface area contributed by atoms with E-state index in [0.29, 0.717) is 0 Å². The summed E-state index contributed by atoms with van der Waals surface area (Å²) in [6, 6.07) is 0. The maximum atomic E-state index is 5.84. The van der Waals surface area contributed by atoms with Crippen molar-refractivity contribution in [2.45, 2.75) is 26.7 Å². The molecule has 0 unspecified atom stereocenters. The molecule has 0 aromatic rings. The van der Waals surface area contributed by atoms with Crippen LogP contribution >= 0.6 is 11.6 Å². The van der Waals surface area contributed by atoms with E-state index in [4.69, 9.17) is 11.6 Å². The van der Waals surface area contributed by atoms with Crippen LogP contribution in [0, 0.1) is 0 Å². The van der Waals surface area contributed by atoms with E-state index in [1.54, 1.807) is 0 Å². The molecule has 0 fully saturated rings. The molecule has 0 nitrogen and oxygen atoms in total. The van der Waals surface area contributed by atoms with Crippen LogP contribution in [0.3, 0.4) is 0 Å². The molecular weight excluding hydrogens is 156 g/mol. The van der Waals surface area contributed by atoms with Gasteiger partial charge in [0.1, 0.15) is 0 Å². The van der Waals surface area contributed by atoms with Crippen molar-refractivity contribution in [2.75, 3.05) is 0 Å². The SMILES string of the molecule is C=C(CC)CC=C(Cl)C(=C)C. The highest BCUT2D eigenvalue weighted by atomic mass is 35.5. The molecule has 0 N–H and O–H groups in total. The van der Waals surface area contributed by atoms with Crippen LogP contribution in [0.15, 0.2) is 35.4 Å². The minimum absolute atomic E-state index is 0.750. The lowest BCUT2D eigenvalue weighted by molar-refractivity contribution is 1.04. The average Bonchev–Trinajstić information content (AvgIpc) is 1.99. The lowest BCUT2D eigenvalue weighted by Crippen LogP contribution is -1.77. The van der Waals surface area contributed by atoms with Crippen LogP contribution in [0.5, 0.6) is 0 Å². The van der Waals surface area contributed by atoms with Gasteiger partial charge in [0.25, 0.3) is 0 Å². The zero-order chi connectivity index (χ0) is 8.85. The first kappa shape index (κ1) is 10.5. The van der Waals surface area contributed by atoms with Crippen molar-refractivity contribution in [3.8, 4) is 0 Å². The minimum atomic E-state index is 0.750. The highest BCUT2D eigenvalue weighted by Gasteiger charge is 1.92. The second-order valence-corrected chi connectivity index (χ2v) is 3.05. The minimum Gasteiger partial charge on any atom is -0.0996 e. The van der Waals surface area contributed by atoms with Gasteiger partial charge in [-0.25, -0.2) is 0 Å². The van der Waals surface area contributed by atoms with Gasteiger partial charge in [-0.15, -0.1) is 0 Å². The topological polar surface area (TPSA) is 0 Å². The van der Waals surface area contributed by atoms with E-state index in [9.17, 15) is 0 Å². The van der Waals surface area contributed by atoms with Gasteiger partial charge >= 0.3 is 0 Å². The van der Waals surface area contributed by atoms with Crippen molar-refractivity contribution in [3.05, 3.63) is 35.4 Å². The lowest BCUT2D eigenvalue weighted by Gasteiger charge is -1.98. The van der Waals surface area contributed by atoms with Crippen LogP contribution in [-0.2, 0) is 0 Å². The molecule has 0 aliphatic heterocycles. The van der Waals surface area contributed by atoms with E-state index in [1.807, 2.05) is 13.0 Å². The van der Waals surface area contributed by atoms with Crippen LogP contribution < -0.4 is 0 Å². The molecule has 0 aromatic heterocycles. The van der Waals surface area contributed by atoms with Crippen LogP contribution in [-0.4, -0.2) is 0 Å². The average molecular weight is 171 g/mol.